The highest BCUT2D eigenvalue weighted by Crippen LogP contribution is 2.33. The third kappa shape index (κ3) is 4.30. The molecule has 0 bridgehead atoms. The zero-order valence-corrected chi connectivity index (χ0v) is 16.3. The fourth-order valence-electron chi connectivity index (χ4n) is 3.15. The molecule has 1 aliphatic carbocycles. The van der Waals surface area contributed by atoms with Crippen molar-refractivity contribution in [2.75, 3.05) is 19.0 Å². The third-order valence-electron chi connectivity index (χ3n) is 4.62. The van der Waals surface area contributed by atoms with E-state index in [2.05, 4.69) is 12.2 Å². The molecule has 1 heterocycles. The molecule has 1 aliphatic rings. The number of hydrogen-bond donors (Lipinski definition) is 1. The van der Waals surface area contributed by atoms with Gasteiger partial charge in [0.2, 0.25) is 0 Å². The highest BCUT2D eigenvalue weighted by molar-refractivity contribution is 7.10. The van der Waals surface area contributed by atoms with Crippen LogP contribution in [-0.2, 0) is 22.4 Å². The summed E-state index contributed by atoms with van der Waals surface area (Å²) >= 11 is 1.55. The van der Waals surface area contributed by atoms with E-state index >= 15 is 0 Å². The van der Waals surface area contributed by atoms with Gasteiger partial charge in [-0.05, 0) is 36.8 Å². The van der Waals surface area contributed by atoms with Crippen LogP contribution in [-0.4, -0.2) is 30.5 Å². The summed E-state index contributed by atoms with van der Waals surface area (Å²) in [5.41, 5.74) is 1.49. The molecule has 0 saturated carbocycles. The number of carbonyl (C=O) groups is 2. The van der Waals surface area contributed by atoms with Crippen molar-refractivity contribution in [3.63, 3.8) is 0 Å². The largest absolute Gasteiger partial charge is 0.495 e. The Bertz CT molecular complexity index is 923. The van der Waals surface area contributed by atoms with Crippen LogP contribution in [0.25, 0.3) is 0 Å². The first-order valence-corrected chi connectivity index (χ1v) is 9.65. The Hall–Kier alpha value is -2.94. The second kappa shape index (κ2) is 8.39. The molecule has 0 fully saturated rings. The lowest BCUT2D eigenvalue weighted by atomic mass is 9.88. The number of carbonyl (C=O) groups excluding carboxylic acids is 2. The van der Waals surface area contributed by atoms with E-state index in [1.54, 1.807) is 16.7 Å². The second-order valence-electron chi connectivity index (χ2n) is 6.67. The summed E-state index contributed by atoms with van der Waals surface area (Å²) in [4.78, 5) is 36.1. The Kier molecular flexibility index (Phi) is 5.93. The predicted molar refractivity (Wildman–Crippen MR) is 104 cm³/mol. The summed E-state index contributed by atoms with van der Waals surface area (Å²) in [5.74, 6) is -0.268. The van der Waals surface area contributed by atoms with Crippen LogP contribution in [0.1, 0.15) is 34.1 Å². The number of rotatable bonds is 6. The molecular formula is C19H20N2O6S. The summed E-state index contributed by atoms with van der Waals surface area (Å²) in [6, 6.07) is 3.85. The lowest BCUT2D eigenvalue weighted by Gasteiger charge is -2.18. The molecule has 0 radical (unpaired) electrons. The van der Waals surface area contributed by atoms with Gasteiger partial charge in [-0.2, -0.15) is 0 Å². The minimum atomic E-state index is -0.607. The number of hydrogen-bond acceptors (Lipinski definition) is 7. The smallest absolute Gasteiger partial charge is 0.339 e. The first-order chi connectivity index (χ1) is 13.4. The molecule has 0 saturated heterocycles. The van der Waals surface area contributed by atoms with Gasteiger partial charge < -0.3 is 14.8 Å². The summed E-state index contributed by atoms with van der Waals surface area (Å²) in [6.45, 7) is 1.69. The highest BCUT2D eigenvalue weighted by Gasteiger charge is 2.24. The molecule has 1 amide bonds. The molecule has 9 heteroatoms. The number of fused-ring (bicyclic) bond motifs is 1. The van der Waals surface area contributed by atoms with Gasteiger partial charge in [-0.3, -0.25) is 14.9 Å². The molecule has 1 N–H and O–H groups in total. The van der Waals surface area contributed by atoms with Crippen molar-refractivity contribution in [2.24, 2.45) is 5.92 Å². The fourth-order valence-corrected chi connectivity index (χ4v) is 4.38. The first kappa shape index (κ1) is 19.8. The molecule has 1 atom stereocenters. The van der Waals surface area contributed by atoms with Crippen molar-refractivity contribution in [3.8, 4) is 5.75 Å². The van der Waals surface area contributed by atoms with Crippen LogP contribution in [0.4, 0.5) is 11.4 Å². The Morgan fingerprint density at radius 2 is 2.18 bits per heavy atom. The van der Waals surface area contributed by atoms with E-state index in [1.165, 1.54) is 30.2 Å². The molecule has 28 heavy (non-hydrogen) atoms. The van der Waals surface area contributed by atoms with E-state index in [1.807, 2.05) is 0 Å². The third-order valence-corrected chi connectivity index (χ3v) is 5.68. The standard InChI is InChI=1S/C19H20N2O6S/c1-11-3-5-13-14(10-28-17(13)7-11)19(23)27-9-18(22)20-15-8-12(21(24)25)4-6-16(15)26-2/h4,6,8,10-11H,3,5,7,9H2,1-2H3,(H,20,22)/t11-/m1/s1. The zero-order valence-electron chi connectivity index (χ0n) is 15.5. The average Bonchev–Trinajstić information content (AvgIpc) is 3.09. The maximum absolute atomic E-state index is 12.4. The van der Waals surface area contributed by atoms with Crippen molar-refractivity contribution in [1.29, 1.82) is 0 Å². The molecule has 2 aromatic rings. The lowest BCUT2D eigenvalue weighted by molar-refractivity contribution is -0.384. The summed E-state index contributed by atoms with van der Waals surface area (Å²) in [6.07, 6.45) is 2.82. The van der Waals surface area contributed by atoms with Gasteiger partial charge in [0.25, 0.3) is 11.6 Å². The normalized spacial score (nSPS) is 15.4. The predicted octanol–water partition coefficient (Wildman–Crippen LogP) is 3.59. The van der Waals surface area contributed by atoms with Gasteiger partial charge in [-0.15, -0.1) is 11.3 Å². The SMILES string of the molecule is COc1ccc([N+](=O)[O-])cc1NC(=O)COC(=O)c1csc2c1CC[C@@H](C)C2. The number of ether oxygens (including phenoxy) is 2. The van der Waals surface area contributed by atoms with E-state index in [0.29, 0.717) is 11.5 Å². The molecule has 148 valence electrons. The highest BCUT2D eigenvalue weighted by atomic mass is 32.1. The Labute approximate surface area is 165 Å². The maximum Gasteiger partial charge on any atom is 0.339 e. The van der Waals surface area contributed by atoms with Gasteiger partial charge in [0.1, 0.15) is 5.75 Å². The maximum atomic E-state index is 12.4. The number of esters is 1. The summed E-state index contributed by atoms with van der Waals surface area (Å²) < 4.78 is 10.2. The van der Waals surface area contributed by atoms with Gasteiger partial charge in [-0.1, -0.05) is 6.92 Å². The minimum Gasteiger partial charge on any atom is -0.495 e. The molecule has 0 spiro atoms. The number of non-ortho nitro benzene ring substituents is 1. The number of amides is 1. The minimum absolute atomic E-state index is 0.139. The van der Waals surface area contributed by atoms with Crippen LogP contribution < -0.4 is 10.1 Å². The van der Waals surface area contributed by atoms with Crippen LogP contribution in [0.3, 0.4) is 0 Å². The van der Waals surface area contributed by atoms with Gasteiger partial charge in [-0.25, -0.2) is 4.79 Å². The summed E-state index contributed by atoms with van der Waals surface area (Å²) in [5, 5.41) is 15.2. The van der Waals surface area contributed by atoms with Crippen LogP contribution in [0.5, 0.6) is 5.75 Å². The molecule has 1 aromatic carbocycles. The molecule has 0 unspecified atom stereocenters. The Balaban J connectivity index is 1.63. The van der Waals surface area contributed by atoms with Crippen molar-refractivity contribution in [1.82, 2.24) is 0 Å². The Morgan fingerprint density at radius 1 is 1.39 bits per heavy atom. The van der Waals surface area contributed by atoms with Crippen LogP contribution in [0.15, 0.2) is 23.6 Å². The molecule has 8 nitrogen and oxygen atoms in total. The number of thiophene rings is 1. The lowest BCUT2D eigenvalue weighted by Crippen LogP contribution is -2.22. The topological polar surface area (TPSA) is 108 Å². The van der Waals surface area contributed by atoms with Gasteiger partial charge in [0, 0.05) is 22.4 Å². The molecule has 3 rings (SSSR count). The average molecular weight is 404 g/mol. The number of nitrogens with zero attached hydrogens (tertiary/aromatic N) is 1. The van der Waals surface area contributed by atoms with Gasteiger partial charge in [0.05, 0.1) is 23.3 Å². The van der Waals surface area contributed by atoms with Gasteiger partial charge in [0.15, 0.2) is 6.61 Å². The van der Waals surface area contributed by atoms with E-state index in [4.69, 9.17) is 9.47 Å². The number of methoxy groups -OCH3 is 1. The molecule has 0 aliphatic heterocycles. The van der Waals surface area contributed by atoms with Gasteiger partial charge >= 0.3 is 5.97 Å². The van der Waals surface area contributed by atoms with Crippen molar-refractivity contribution in [2.45, 2.75) is 26.2 Å². The zero-order chi connectivity index (χ0) is 20.3. The van der Waals surface area contributed by atoms with Crippen molar-refractivity contribution >= 4 is 34.6 Å². The van der Waals surface area contributed by atoms with E-state index in [-0.39, 0.29) is 17.1 Å². The number of nitrogens with one attached hydrogen (secondary N) is 1. The van der Waals surface area contributed by atoms with E-state index in [0.717, 1.165) is 24.8 Å². The Morgan fingerprint density at radius 3 is 2.89 bits per heavy atom. The number of benzene rings is 1. The van der Waals surface area contributed by atoms with Crippen molar-refractivity contribution in [3.05, 3.63) is 49.7 Å². The van der Waals surface area contributed by atoms with Crippen LogP contribution in [0.2, 0.25) is 0 Å². The van der Waals surface area contributed by atoms with E-state index < -0.39 is 23.4 Å². The molecule has 1 aromatic heterocycles. The quantitative estimate of drug-likeness (QED) is 0.448. The summed E-state index contributed by atoms with van der Waals surface area (Å²) in [7, 11) is 1.39. The van der Waals surface area contributed by atoms with E-state index in [9.17, 15) is 19.7 Å². The number of anilines is 1. The monoisotopic (exact) mass is 404 g/mol. The number of nitro groups is 1. The first-order valence-electron chi connectivity index (χ1n) is 8.77. The second-order valence-corrected chi connectivity index (χ2v) is 7.63. The molecular weight excluding hydrogens is 384 g/mol. The fraction of sp³-hybridized carbons (Fsp3) is 0.368. The van der Waals surface area contributed by atoms with Crippen LogP contribution in [0, 0.1) is 16.0 Å². The van der Waals surface area contributed by atoms with Crippen molar-refractivity contribution < 1.29 is 24.0 Å². The number of nitro benzene ring substituents is 1. The van der Waals surface area contributed by atoms with Crippen LogP contribution >= 0.6 is 11.3 Å².